The highest BCUT2D eigenvalue weighted by Crippen LogP contribution is 2.46. The molecular formula is C31H58O7Si. The minimum atomic E-state index is -2.21. The topological polar surface area (TPSA) is 116 Å². The smallest absolute Gasteiger partial charge is 0.305 e. The number of carbonyl (C=O) groups is 1. The van der Waals surface area contributed by atoms with Crippen molar-refractivity contribution in [3.8, 4) is 0 Å². The predicted molar refractivity (Wildman–Crippen MR) is 160 cm³/mol. The Hall–Kier alpha value is -1.03. The molecule has 8 atom stereocenters. The highest BCUT2D eigenvalue weighted by molar-refractivity contribution is 6.77. The third-order valence-corrected chi connectivity index (χ3v) is 15.5. The molecule has 1 aliphatic rings. The van der Waals surface area contributed by atoms with Crippen LogP contribution in [0.3, 0.4) is 0 Å². The summed E-state index contributed by atoms with van der Waals surface area (Å²) in [5.41, 5.74) is 0.975. The van der Waals surface area contributed by atoms with Crippen LogP contribution in [0, 0.1) is 17.3 Å². The van der Waals surface area contributed by atoms with Gasteiger partial charge < -0.3 is 29.6 Å². The van der Waals surface area contributed by atoms with Crippen molar-refractivity contribution in [2.45, 2.75) is 148 Å². The lowest BCUT2D eigenvalue weighted by Gasteiger charge is -2.49. The standard InChI is InChI=1S/C31H58O7Si/c1-13-27(32)31(11,12)28(33)15-22(9)30(36)21(8)14-24-16-26(23(10)25(37-24)17-29(34)35)38-39(18(2)3,19(4)5)20(6)7/h13,18-20,22-28,30,32-33,36H,1,8,14-17H2,2-7,9-12H3,(H,34,35)/t22-,23+,24-,25+,26+,27-,28-,30-/m1/s1. The molecule has 0 radical (unpaired) electrons. The van der Waals surface area contributed by atoms with Crippen molar-refractivity contribution >= 4 is 14.3 Å². The van der Waals surface area contributed by atoms with Gasteiger partial charge in [0.1, 0.15) is 0 Å². The minimum absolute atomic E-state index is 0.0775. The second kappa shape index (κ2) is 14.7. The van der Waals surface area contributed by atoms with Gasteiger partial charge in [0.15, 0.2) is 0 Å². The summed E-state index contributed by atoms with van der Waals surface area (Å²) in [5, 5.41) is 41.7. The molecule has 4 N–H and O–H groups in total. The number of carboxylic acids is 1. The van der Waals surface area contributed by atoms with Crippen molar-refractivity contribution in [2.24, 2.45) is 17.3 Å². The monoisotopic (exact) mass is 570 g/mol. The van der Waals surface area contributed by atoms with Gasteiger partial charge in [0.25, 0.3) is 0 Å². The van der Waals surface area contributed by atoms with E-state index in [0.717, 1.165) is 0 Å². The normalized spacial score (nSPS) is 25.9. The van der Waals surface area contributed by atoms with Crippen molar-refractivity contribution in [1.29, 1.82) is 0 Å². The number of aliphatic hydroxyl groups excluding tert-OH is 3. The van der Waals surface area contributed by atoms with Crippen LogP contribution in [-0.4, -0.2) is 71.3 Å². The van der Waals surface area contributed by atoms with Crippen molar-refractivity contribution in [2.75, 3.05) is 0 Å². The molecule has 228 valence electrons. The maximum Gasteiger partial charge on any atom is 0.305 e. The lowest BCUT2D eigenvalue weighted by Crippen LogP contribution is -2.55. The number of hydrogen-bond acceptors (Lipinski definition) is 6. The Morgan fingerprint density at radius 1 is 1.05 bits per heavy atom. The summed E-state index contributed by atoms with van der Waals surface area (Å²) in [4.78, 5) is 11.7. The van der Waals surface area contributed by atoms with Crippen LogP contribution in [0.15, 0.2) is 24.8 Å². The third-order valence-electron chi connectivity index (χ3n) is 9.36. The molecule has 0 bridgehead atoms. The van der Waals surface area contributed by atoms with E-state index in [1.54, 1.807) is 13.8 Å². The molecular weight excluding hydrogens is 512 g/mol. The van der Waals surface area contributed by atoms with E-state index in [-0.39, 0.29) is 36.9 Å². The zero-order valence-electron chi connectivity index (χ0n) is 26.2. The first kappa shape index (κ1) is 36.0. The predicted octanol–water partition coefficient (Wildman–Crippen LogP) is 6.08. The van der Waals surface area contributed by atoms with Crippen molar-refractivity contribution < 1.29 is 34.4 Å². The summed E-state index contributed by atoms with van der Waals surface area (Å²) in [6, 6.07) is 0. The van der Waals surface area contributed by atoms with E-state index < -0.39 is 44.1 Å². The molecule has 7 nitrogen and oxygen atoms in total. The van der Waals surface area contributed by atoms with Gasteiger partial charge in [0.05, 0.1) is 43.0 Å². The Labute approximate surface area is 238 Å². The van der Waals surface area contributed by atoms with Gasteiger partial charge in [-0.1, -0.05) is 81.9 Å². The van der Waals surface area contributed by atoms with Crippen molar-refractivity contribution in [1.82, 2.24) is 0 Å². The zero-order valence-corrected chi connectivity index (χ0v) is 27.2. The van der Waals surface area contributed by atoms with E-state index in [2.05, 4.69) is 54.7 Å². The number of rotatable bonds is 16. The summed E-state index contributed by atoms with van der Waals surface area (Å²) in [6.07, 6.45) is -0.998. The highest BCUT2D eigenvalue weighted by Gasteiger charge is 2.49. The van der Waals surface area contributed by atoms with E-state index in [4.69, 9.17) is 9.16 Å². The van der Waals surface area contributed by atoms with Crippen LogP contribution in [0.5, 0.6) is 0 Å². The van der Waals surface area contributed by atoms with Gasteiger partial charge in [-0.3, -0.25) is 4.79 Å². The highest BCUT2D eigenvalue weighted by atomic mass is 28.4. The van der Waals surface area contributed by atoms with Gasteiger partial charge in [-0.05, 0) is 47.4 Å². The van der Waals surface area contributed by atoms with Gasteiger partial charge >= 0.3 is 5.97 Å². The third kappa shape index (κ3) is 8.73. The number of ether oxygens (including phenoxy) is 1. The maximum absolute atomic E-state index is 11.7. The molecule has 8 heteroatoms. The largest absolute Gasteiger partial charge is 0.481 e. The summed E-state index contributed by atoms with van der Waals surface area (Å²) < 4.78 is 13.4. The Morgan fingerprint density at radius 3 is 2.00 bits per heavy atom. The number of aliphatic hydroxyl groups is 3. The van der Waals surface area contributed by atoms with Crippen LogP contribution in [-0.2, 0) is 14.0 Å². The minimum Gasteiger partial charge on any atom is -0.481 e. The van der Waals surface area contributed by atoms with Crippen molar-refractivity contribution in [3.05, 3.63) is 24.8 Å². The van der Waals surface area contributed by atoms with E-state index in [9.17, 15) is 25.2 Å². The van der Waals surface area contributed by atoms with Gasteiger partial charge in [0, 0.05) is 11.3 Å². The van der Waals surface area contributed by atoms with Crippen LogP contribution in [0.4, 0.5) is 0 Å². The zero-order chi connectivity index (χ0) is 30.5. The molecule has 0 aromatic carbocycles. The molecule has 0 unspecified atom stereocenters. The molecule has 0 saturated carbocycles. The average Bonchev–Trinajstić information content (AvgIpc) is 2.82. The van der Waals surface area contributed by atoms with Crippen LogP contribution < -0.4 is 0 Å². The first-order valence-electron chi connectivity index (χ1n) is 14.7. The molecule has 1 heterocycles. The lowest BCUT2D eigenvalue weighted by atomic mass is 9.76. The van der Waals surface area contributed by atoms with E-state index in [1.807, 2.05) is 13.8 Å². The first-order valence-corrected chi connectivity index (χ1v) is 16.9. The van der Waals surface area contributed by atoms with E-state index >= 15 is 0 Å². The molecule has 1 saturated heterocycles. The van der Waals surface area contributed by atoms with E-state index in [1.165, 1.54) is 6.08 Å². The first-order chi connectivity index (χ1) is 17.8. The van der Waals surface area contributed by atoms with Crippen LogP contribution in [0.1, 0.15) is 94.9 Å². The number of hydrogen-bond donors (Lipinski definition) is 4. The van der Waals surface area contributed by atoms with Gasteiger partial charge in [-0.25, -0.2) is 0 Å². The quantitative estimate of drug-likeness (QED) is 0.131. The molecule has 0 aromatic rings. The molecule has 0 spiro atoms. The van der Waals surface area contributed by atoms with Gasteiger partial charge in [-0.15, -0.1) is 6.58 Å². The second-order valence-corrected chi connectivity index (χ2v) is 18.9. The van der Waals surface area contributed by atoms with Crippen LogP contribution in [0.25, 0.3) is 0 Å². The lowest BCUT2D eigenvalue weighted by molar-refractivity contribution is -0.155. The Balaban J connectivity index is 3.11. The molecule has 1 rings (SSSR count). The van der Waals surface area contributed by atoms with Gasteiger partial charge in [0.2, 0.25) is 8.32 Å². The van der Waals surface area contributed by atoms with Crippen LogP contribution >= 0.6 is 0 Å². The Kier molecular flexibility index (Phi) is 13.6. The average molecular weight is 571 g/mol. The maximum atomic E-state index is 11.7. The summed E-state index contributed by atoms with van der Waals surface area (Å²) in [5.74, 6) is -1.29. The molecule has 0 amide bonds. The molecule has 0 aromatic heterocycles. The SMILES string of the molecule is C=C[C@@H](O)C(C)(C)[C@H](O)C[C@@H](C)[C@H](O)C(=C)C[C@@H]1C[C@H](O[Si](C(C)C)(C(C)C)C(C)C)[C@@H](C)[C@H](CC(=O)O)O1. The summed E-state index contributed by atoms with van der Waals surface area (Å²) in [6.45, 7) is 28.6. The second-order valence-electron chi connectivity index (χ2n) is 13.5. The Morgan fingerprint density at radius 2 is 1.56 bits per heavy atom. The molecule has 1 aliphatic heterocycles. The summed E-state index contributed by atoms with van der Waals surface area (Å²) >= 11 is 0. The Bertz CT molecular complexity index is 787. The number of carboxylic acid groups (broad SMARTS) is 1. The fourth-order valence-corrected chi connectivity index (χ4v) is 12.3. The molecule has 0 aliphatic carbocycles. The molecule has 1 fully saturated rings. The van der Waals surface area contributed by atoms with Gasteiger partial charge in [-0.2, -0.15) is 0 Å². The summed E-state index contributed by atoms with van der Waals surface area (Å²) in [7, 11) is -2.21. The fraction of sp³-hybridized carbons (Fsp3) is 0.839. The van der Waals surface area contributed by atoms with Crippen LogP contribution in [0.2, 0.25) is 16.6 Å². The van der Waals surface area contributed by atoms with Crippen molar-refractivity contribution in [3.63, 3.8) is 0 Å². The van der Waals surface area contributed by atoms with E-state index in [0.29, 0.717) is 35.0 Å². The number of aliphatic carboxylic acids is 1. The fourth-order valence-electron chi connectivity index (χ4n) is 6.60. The molecule has 39 heavy (non-hydrogen) atoms.